The first-order chi connectivity index (χ1) is 9.54. The number of aromatic nitrogens is 3. The molecule has 0 aliphatic carbocycles. The van der Waals surface area contributed by atoms with Gasteiger partial charge in [-0.15, -0.1) is 0 Å². The van der Waals surface area contributed by atoms with Gasteiger partial charge in [-0.3, -0.25) is 4.68 Å². The summed E-state index contributed by atoms with van der Waals surface area (Å²) < 4.78 is 30.0. The number of nitrogens with two attached hydrogens (primary N) is 1. The van der Waals surface area contributed by atoms with Crippen LogP contribution in [0.2, 0.25) is 0 Å². The van der Waals surface area contributed by atoms with Crippen LogP contribution >= 0.6 is 11.5 Å². The van der Waals surface area contributed by atoms with Crippen LogP contribution in [0.25, 0.3) is 0 Å². The van der Waals surface area contributed by atoms with E-state index in [4.69, 9.17) is 5.73 Å². The number of anilines is 2. The zero-order valence-corrected chi connectivity index (χ0v) is 12.7. The lowest BCUT2D eigenvalue weighted by atomic mass is 10.5. The predicted octanol–water partition coefficient (Wildman–Crippen LogP) is 1.22. The van der Waals surface area contributed by atoms with E-state index >= 15 is 0 Å². The van der Waals surface area contributed by atoms with Gasteiger partial charge in [-0.05, 0) is 24.0 Å². The molecule has 0 radical (unpaired) electrons. The zero-order chi connectivity index (χ0) is 14.6. The molecule has 7 nitrogen and oxygen atoms in total. The summed E-state index contributed by atoms with van der Waals surface area (Å²) in [7, 11) is -3.37. The fourth-order valence-corrected chi connectivity index (χ4v) is 4.44. The van der Waals surface area contributed by atoms with Gasteiger partial charge in [0.25, 0.3) is 0 Å². The molecule has 3 N–H and O–H groups in total. The van der Waals surface area contributed by atoms with Crippen molar-refractivity contribution < 1.29 is 8.42 Å². The molecular weight excluding hydrogens is 298 g/mol. The molecular formula is C11H17N5O2S2. The van der Waals surface area contributed by atoms with Gasteiger partial charge in [-0.25, -0.2) is 8.42 Å². The largest absolute Gasteiger partial charge is 0.382 e. The van der Waals surface area contributed by atoms with E-state index in [0.29, 0.717) is 24.5 Å². The van der Waals surface area contributed by atoms with Crippen molar-refractivity contribution in [3.05, 3.63) is 18.5 Å². The fraction of sp³-hybridized carbons (Fsp3) is 0.455. The first-order valence-electron chi connectivity index (χ1n) is 6.24. The molecule has 0 saturated heterocycles. The highest BCUT2D eigenvalue weighted by atomic mass is 32.2. The SMILES string of the molecule is CCCS(=O)(=O)c1c(N)nsc1NCCn1cccn1. The lowest BCUT2D eigenvalue weighted by Crippen LogP contribution is -2.14. The fourth-order valence-electron chi connectivity index (χ4n) is 1.79. The predicted molar refractivity (Wildman–Crippen MR) is 79.6 cm³/mol. The number of hydrogen-bond acceptors (Lipinski definition) is 7. The van der Waals surface area contributed by atoms with E-state index in [0.717, 1.165) is 11.5 Å². The second-order valence-electron chi connectivity index (χ2n) is 4.24. The van der Waals surface area contributed by atoms with E-state index in [-0.39, 0.29) is 16.5 Å². The van der Waals surface area contributed by atoms with Crippen LogP contribution in [0, 0.1) is 0 Å². The highest BCUT2D eigenvalue weighted by Crippen LogP contribution is 2.32. The van der Waals surface area contributed by atoms with E-state index in [2.05, 4.69) is 14.8 Å². The molecule has 0 saturated carbocycles. The maximum Gasteiger partial charge on any atom is 0.185 e. The van der Waals surface area contributed by atoms with Gasteiger partial charge in [0, 0.05) is 18.9 Å². The minimum atomic E-state index is -3.37. The number of hydrogen-bond donors (Lipinski definition) is 2. The first-order valence-corrected chi connectivity index (χ1v) is 8.66. The molecule has 0 fully saturated rings. The van der Waals surface area contributed by atoms with E-state index in [9.17, 15) is 8.42 Å². The van der Waals surface area contributed by atoms with Gasteiger partial charge >= 0.3 is 0 Å². The topological polar surface area (TPSA) is 103 Å². The van der Waals surface area contributed by atoms with Crippen molar-refractivity contribution in [2.75, 3.05) is 23.3 Å². The highest BCUT2D eigenvalue weighted by Gasteiger charge is 2.24. The Labute approximate surface area is 121 Å². The molecule has 0 unspecified atom stereocenters. The Balaban J connectivity index is 2.09. The lowest BCUT2D eigenvalue weighted by Gasteiger charge is -2.07. The van der Waals surface area contributed by atoms with E-state index in [1.807, 2.05) is 19.2 Å². The summed E-state index contributed by atoms with van der Waals surface area (Å²) in [6.07, 6.45) is 4.09. The molecule has 0 aliphatic rings. The first kappa shape index (κ1) is 14.8. The normalized spacial score (nSPS) is 11.7. The minimum Gasteiger partial charge on any atom is -0.382 e. The summed E-state index contributed by atoms with van der Waals surface area (Å²) in [5.41, 5.74) is 5.69. The van der Waals surface area contributed by atoms with Crippen molar-refractivity contribution in [1.82, 2.24) is 14.2 Å². The minimum absolute atomic E-state index is 0.0729. The molecule has 0 spiro atoms. The summed E-state index contributed by atoms with van der Waals surface area (Å²) in [6, 6.07) is 1.84. The highest BCUT2D eigenvalue weighted by molar-refractivity contribution is 7.91. The maximum atomic E-state index is 12.2. The summed E-state index contributed by atoms with van der Waals surface area (Å²) in [6.45, 7) is 3.01. The van der Waals surface area contributed by atoms with Crippen LogP contribution in [0.5, 0.6) is 0 Å². The van der Waals surface area contributed by atoms with Gasteiger partial charge in [-0.1, -0.05) is 6.92 Å². The smallest absolute Gasteiger partial charge is 0.185 e. The molecule has 0 aliphatic heterocycles. The van der Waals surface area contributed by atoms with E-state index < -0.39 is 9.84 Å². The second-order valence-corrected chi connectivity index (χ2v) is 7.06. The number of sulfone groups is 1. The molecule has 20 heavy (non-hydrogen) atoms. The van der Waals surface area contributed by atoms with Crippen molar-refractivity contribution >= 4 is 32.2 Å². The number of nitrogen functional groups attached to an aromatic ring is 1. The molecule has 2 aromatic rings. The number of nitrogens with one attached hydrogen (secondary N) is 1. The third-order valence-corrected chi connectivity index (χ3v) is 5.57. The van der Waals surface area contributed by atoms with Crippen molar-refractivity contribution in [3.63, 3.8) is 0 Å². The molecule has 0 atom stereocenters. The van der Waals surface area contributed by atoms with Gasteiger partial charge in [0.05, 0.1) is 12.3 Å². The van der Waals surface area contributed by atoms with Crippen LogP contribution in [-0.2, 0) is 16.4 Å². The molecule has 2 rings (SSSR count). The lowest BCUT2D eigenvalue weighted by molar-refractivity contribution is 0.595. The van der Waals surface area contributed by atoms with Crippen LogP contribution in [0.1, 0.15) is 13.3 Å². The number of rotatable bonds is 7. The van der Waals surface area contributed by atoms with E-state index in [1.54, 1.807) is 10.9 Å². The quantitative estimate of drug-likeness (QED) is 0.796. The Morgan fingerprint density at radius 2 is 2.30 bits per heavy atom. The average Bonchev–Trinajstić information content (AvgIpc) is 2.99. The second kappa shape index (κ2) is 6.23. The van der Waals surface area contributed by atoms with Gasteiger partial charge in [0.1, 0.15) is 9.90 Å². The van der Waals surface area contributed by atoms with Crippen LogP contribution < -0.4 is 11.1 Å². The van der Waals surface area contributed by atoms with Gasteiger partial charge in [-0.2, -0.15) is 9.47 Å². The summed E-state index contributed by atoms with van der Waals surface area (Å²) in [4.78, 5) is 0.129. The summed E-state index contributed by atoms with van der Waals surface area (Å²) >= 11 is 1.07. The molecule has 110 valence electrons. The van der Waals surface area contributed by atoms with Gasteiger partial charge < -0.3 is 11.1 Å². The van der Waals surface area contributed by atoms with Gasteiger partial charge in [0.15, 0.2) is 15.7 Å². The maximum absolute atomic E-state index is 12.2. The van der Waals surface area contributed by atoms with Crippen LogP contribution in [0.3, 0.4) is 0 Å². The van der Waals surface area contributed by atoms with Crippen molar-refractivity contribution in [3.8, 4) is 0 Å². The molecule has 0 aromatic carbocycles. The molecule has 0 amide bonds. The van der Waals surface area contributed by atoms with Crippen molar-refractivity contribution in [2.24, 2.45) is 0 Å². The Kier molecular flexibility index (Phi) is 4.61. The Bertz CT molecular complexity index is 648. The van der Waals surface area contributed by atoms with E-state index in [1.165, 1.54) is 0 Å². The summed E-state index contributed by atoms with van der Waals surface area (Å²) in [5, 5.41) is 7.65. The van der Waals surface area contributed by atoms with Crippen LogP contribution in [0.4, 0.5) is 10.8 Å². The van der Waals surface area contributed by atoms with Crippen LogP contribution in [0.15, 0.2) is 23.4 Å². The molecule has 2 aromatic heterocycles. The van der Waals surface area contributed by atoms with Crippen molar-refractivity contribution in [2.45, 2.75) is 24.8 Å². The molecule has 0 bridgehead atoms. The van der Waals surface area contributed by atoms with Crippen molar-refractivity contribution in [1.29, 1.82) is 0 Å². The van der Waals surface area contributed by atoms with Crippen LogP contribution in [-0.4, -0.2) is 34.9 Å². The Morgan fingerprint density at radius 3 is 2.95 bits per heavy atom. The molecule has 2 heterocycles. The Hall–Kier alpha value is -1.61. The Morgan fingerprint density at radius 1 is 1.50 bits per heavy atom. The standard InChI is InChI=1S/C11H17N5O2S2/c1-2-8-20(17,18)9-10(12)15-19-11(9)13-5-7-16-6-3-4-14-16/h3-4,6,13H,2,5,7-8H2,1H3,(H2,12,15). The average molecular weight is 315 g/mol. The number of nitrogens with zero attached hydrogens (tertiary/aromatic N) is 3. The third-order valence-electron chi connectivity index (χ3n) is 2.64. The summed E-state index contributed by atoms with van der Waals surface area (Å²) in [5.74, 6) is 0.147. The zero-order valence-electron chi connectivity index (χ0n) is 11.1. The third kappa shape index (κ3) is 3.28. The monoisotopic (exact) mass is 315 g/mol. The molecule has 9 heteroatoms. The van der Waals surface area contributed by atoms with Gasteiger partial charge in [0.2, 0.25) is 0 Å².